The molecule has 1 N–H and O–H groups in total. The van der Waals surface area contributed by atoms with Gasteiger partial charge in [0.2, 0.25) is 5.91 Å². The largest absolute Gasteiger partial charge is 0.349 e. The van der Waals surface area contributed by atoms with Gasteiger partial charge in [0.1, 0.15) is 5.82 Å². The first kappa shape index (κ1) is 18.1. The first-order valence-corrected chi connectivity index (χ1v) is 9.30. The van der Waals surface area contributed by atoms with Crippen molar-refractivity contribution in [1.29, 1.82) is 0 Å². The number of halogens is 1. The molecule has 0 aliphatic carbocycles. The van der Waals surface area contributed by atoms with Gasteiger partial charge in [0.15, 0.2) is 11.0 Å². The van der Waals surface area contributed by atoms with Crippen molar-refractivity contribution in [1.82, 2.24) is 29.9 Å². The maximum Gasteiger partial charge on any atom is 0.222 e. The van der Waals surface area contributed by atoms with E-state index in [9.17, 15) is 9.18 Å². The maximum absolute atomic E-state index is 13.2. The van der Waals surface area contributed by atoms with Crippen LogP contribution in [0.1, 0.15) is 17.9 Å². The van der Waals surface area contributed by atoms with E-state index in [1.54, 1.807) is 21.4 Å². The Balaban J connectivity index is 1.65. The van der Waals surface area contributed by atoms with Crippen LogP contribution in [0.4, 0.5) is 4.39 Å². The minimum absolute atomic E-state index is 0.0995. The van der Waals surface area contributed by atoms with Gasteiger partial charge in [-0.15, -0.1) is 10.2 Å². The summed E-state index contributed by atoms with van der Waals surface area (Å²) in [5, 5.41) is 16.0. The van der Waals surface area contributed by atoms with E-state index in [1.807, 2.05) is 25.4 Å². The highest BCUT2D eigenvalue weighted by molar-refractivity contribution is 7.98. The number of hydrogen-bond acceptors (Lipinski definition) is 5. The summed E-state index contributed by atoms with van der Waals surface area (Å²) in [7, 11) is 0. The molecule has 2 heterocycles. The van der Waals surface area contributed by atoms with Crippen molar-refractivity contribution < 1.29 is 9.18 Å². The van der Waals surface area contributed by atoms with Gasteiger partial charge in [-0.05, 0) is 43.5 Å². The highest BCUT2D eigenvalue weighted by Crippen LogP contribution is 2.20. The van der Waals surface area contributed by atoms with Crippen molar-refractivity contribution >= 4 is 17.7 Å². The second-order valence-corrected chi connectivity index (χ2v) is 6.44. The summed E-state index contributed by atoms with van der Waals surface area (Å²) in [5.74, 6) is 0.179. The third kappa shape index (κ3) is 4.29. The third-order valence-corrected chi connectivity index (χ3v) is 4.38. The van der Waals surface area contributed by atoms with E-state index in [0.29, 0.717) is 23.9 Å². The molecule has 0 spiro atoms. The lowest BCUT2D eigenvalue weighted by Gasteiger charge is -2.10. The predicted octanol–water partition coefficient (Wildman–Crippen LogP) is 2.34. The van der Waals surface area contributed by atoms with Crippen LogP contribution < -0.4 is 5.32 Å². The SMILES string of the molecule is CSc1nnc(CNC(=O)CCn2ccc(C)n2)n1-c1ccc(F)cc1. The number of benzene rings is 1. The fraction of sp³-hybridized carbons (Fsp3) is 0.294. The van der Waals surface area contributed by atoms with Crippen molar-refractivity contribution in [3.8, 4) is 5.69 Å². The first-order valence-electron chi connectivity index (χ1n) is 8.08. The molecule has 7 nitrogen and oxygen atoms in total. The minimum Gasteiger partial charge on any atom is -0.349 e. The third-order valence-electron chi connectivity index (χ3n) is 3.75. The van der Waals surface area contributed by atoms with E-state index in [1.165, 1.54) is 23.9 Å². The minimum atomic E-state index is -0.309. The quantitative estimate of drug-likeness (QED) is 0.642. The van der Waals surface area contributed by atoms with E-state index in [4.69, 9.17) is 0 Å². The van der Waals surface area contributed by atoms with Crippen molar-refractivity contribution in [2.75, 3.05) is 6.26 Å². The maximum atomic E-state index is 13.2. The highest BCUT2D eigenvalue weighted by atomic mass is 32.2. The Morgan fingerprint density at radius 1 is 1.23 bits per heavy atom. The Hall–Kier alpha value is -2.68. The van der Waals surface area contributed by atoms with E-state index in [-0.39, 0.29) is 18.3 Å². The predicted molar refractivity (Wildman–Crippen MR) is 96.5 cm³/mol. The fourth-order valence-corrected chi connectivity index (χ4v) is 2.98. The van der Waals surface area contributed by atoms with Gasteiger partial charge in [-0.1, -0.05) is 11.8 Å². The lowest BCUT2D eigenvalue weighted by Crippen LogP contribution is -2.25. The van der Waals surface area contributed by atoms with E-state index in [2.05, 4.69) is 20.6 Å². The fourth-order valence-electron chi connectivity index (χ4n) is 2.47. The molecule has 1 amide bonds. The number of hydrogen-bond donors (Lipinski definition) is 1. The molecule has 0 bridgehead atoms. The topological polar surface area (TPSA) is 77.6 Å². The van der Waals surface area contributed by atoms with Crippen LogP contribution in [0.5, 0.6) is 0 Å². The van der Waals surface area contributed by atoms with Crippen molar-refractivity contribution in [3.05, 3.63) is 53.9 Å². The van der Waals surface area contributed by atoms with Crippen LogP contribution >= 0.6 is 11.8 Å². The summed E-state index contributed by atoms with van der Waals surface area (Å²) in [4.78, 5) is 12.1. The van der Waals surface area contributed by atoms with Gasteiger partial charge in [0.25, 0.3) is 0 Å². The highest BCUT2D eigenvalue weighted by Gasteiger charge is 2.14. The Labute approximate surface area is 154 Å². The van der Waals surface area contributed by atoms with Crippen molar-refractivity contribution in [3.63, 3.8) is 0 Å². The average molecular weight is 374 g/mol. The molecule has 0 unspecified atom stereocenters. The molecule has 3 rings (SSSR count). The molecule has 136 valence electrons. The van der Waals surface area contributed by atoms with Gasteiger partial charge < -0.3 is 5.32 Å². The monoisotopic (exact) mass is 374 g/mol. The van der Waals surface area contributed by atoms with E-state index >= 15 is 0 Å². The summed E-state index contributed by atoms with van der Waals surface area (Å²) in [6, 6.07) is 7.97. The molecule has 0 saturated carbocycles. The van der Waals surface area contributed by atoms with Crippen LogP contribution in [0.15, 0.2) is 41.7 Å². The average Bonchev–Trinajstić information content (AvgIpc) is 3.24. The molecule has 0 aliphatic heterocycles. The number of nitrogens with zero attached hydrogens (tertiary/aromatic N) is 5. The first-order chi connectivity index (χ1) is 12.6. The standard InChI is InChI=1S/C17H19FN6OS/c1-12-7-9-23(22-12)10-8-16(25)19-11-15-20-21-17(26-2)24(15)14-5-3-13(18)4-6-14/h3-7,9H,8,10-11H2,1-2H3,(H,19,25). The number of carbonyl (C=O) groups excluding carboxylic acids is 1. The number of amides is 1. The van der Waals surface area contributed by atoms with Crippen LogP contribution in [-0.2, 0) is 17.9 Å². The molecule has 26 heavy (non-hydrogen) atoms. The van der Waals surface area contributed by atoms with Crippen LogP contribution in [0.25, 0.3) is 5.69 Å². The molecule has 0 fully saturated rings. The van der Waals surface area contributed by atoms with Gasteiger partial charge in [-0.2, -0.15) is 5.10 Å². The Kier molecular flexibility index (Phi) is 5.67. The zero-order valence-corrected chi connectivity index (χ0v) is 15.3. The number of rotatable bonds is 7. The summed E-state index contributed by atoms with van der Waals surface area (Å²) in [5.41, 5.74) is 1.67. The molecular weight excluding hydrogens is 355 g/mol. The molecule has 2 aromatic heterocycles. The summed E-state index contributed by atoms with van der Waals surface area (Å²) in [6.45, 7) is 2.66. The van der Waals surface area contributed by atoms with Gasteiger partial charge >= 0.3 is 0 Å². The van der Waals surface area contributed by atoms with E-state index in [0.717, 1.165) is 11.4 Å². The number of carbonyl (C=O) groups is 1. The van der Waals surface area contributed by atoms with Gasteiger partial charge in [-0.3, -0.25) is 14.0 Å². The summed E-state index contributed by atoms with van der Waals surface area (Å²) < 4.78 is 16.7. The zero-order valence-electron chi connectivity index (χ0n) is 14.5. The Morgan fingerprint density at radius 2 is 2.00 bits per heavy atom. The lowest BCUT2D eigenvalue weighted by atomic mass is 10.3. The van der Waals surface area contributed by atoms with Crippen LogP contribution in [0, 0.1) is 12.7 Å². The number of nitrogens with one attached hydrogen (secondary N) is 1. The molecule has 3 aromatic rings. The van der Waals surface area contributed by atoms with Crippen LogP contribution in [0.2, 0.25) is 0 Å². The molecule has 0 atom stereocenters. The molecule has 0 radical (unpaired) electrons. The van der Waals surface area contributed by atoms with Crippen molar-refractivity contribution in [2.24, 2.45) is 0 Å². The summed E-state index contributed by atoms with van der Waals surface area (Å²) in [6.07, 6.45) is 4.05. The lowest BCUT2D eigenvalue weighted by molar-refractivity contribution is -0.121. The Morgan fingerprint density at radius 3 is 2.65 bits per heavy atom. The van der Waals surface area contributed by atoms with Gasteiger partial charge in [0, 0.05) is 24.8 Å². The van der Waals surface area contributed by atoms with E-state index < -0.39 is 0 Å². The second kappa shape index (κ2) is 8.13. The number of aromatic nitrogens is 5. The second-order valence-electron chi connectivity index (χ2n) is 5.66. The number of thioether (sulfide) groups is 1. The number of aryl methyl sites for hydroxylation is 2. The van der Waals surface area contributed by atoms with Gasteiger partial charge in [0.05, 0.1) is 12.2 Å². The Bertz CT molecular complexity index is 889. The van der Waals surface area contributed by atoms with Crippen molar-refractivity contribution in [2.45, 2.75) is 31.6 Å². The smallest absolute Gasteiger partial charge is 0.222 e. The van der Waals surface area contributed by atoms with Crippen LogP contribution in [-0.4, -0.2) is 36.7 Å². The zero-order chi connectivity index (χ0) is 18.5. The molecule has 9 heteroatoms. The van der Waals surface area contributed by atoms with Gasteiger partial charge in [-0.25, -0.2) is 4.39 Å². The molecular formula is C17H19FN6OS. The summed E-state index contributed by atoms with van der Waals surface area (Å²) >= 11 is 1.43. The van der Waals surface area contributed by atoms with Crippen LogP contribution in [0.3, 0.4) is 0 Å². The normalized spacial score (nSPS) is 10.9. The molecule has 0 saturated heterocycles. The molecule has 0 aliphatic rings. The molecule has 1 aromatic carbocycles.